The van der Waals surface area contributed by atoms with E-state index in [0.717, 1.165) is 32.2 Å². The third-order valence-electron chi connectivity index (χ3n) is 3.60. The Balaban J connectivity index is 1.80. The van der Waals surface area contributed by atoms with Gasteiger partial charge in [0, 0.05) is 26.1 Å². The average Bonchev–Trinajstić information content (AvgIpc) is 2.35. The fourth-order valence-corrected chi connectivity index (χ4v) is 2.51. The van der Waals surface area contributed by atoms with E-state index in [4.69, 9.17) is 0 Å². The van der Waals surface area contributed by atoms with Gasteiger partial charge in [-0.2, -0.15) is 0 Å². The number of carbonyl (C=O) groups excluding carboxylic acids is 2. The third kappa shape index (κ3) is 3.19. The summed E-state index contributed by atoms with van der Waals surface area (Å²) < 4.78 is 0. The number of hydrogen-bond acceptors (Lipinski definition) is 3. The van der Waals surface area contributed by atoms with Crippen molar-refractivity contribution < 1.29 is 9.59 Å². The Morgan fingerprint density at radius 1 is 1.41 bits per heavy atom. The largest absolute Gasteiger partial charge is 0.350 e. The van der Waals surface area contributed by atoms with E-state index < -0.39 is 0 Å². The van der Waals surface area contributed by atoms with Gasteiger partial charge in [-0.3, -0.25) is 9.59 Å². The molecule has 2 heterocycles. The highest BCUT2D eigenvalue weighted by molar-refractivity contribution is 5.82. The Hall–Kier alpha value is -1.10. The summed E-state index contributed by atoms with van der Waals surface area (Å²) in [5.74, 6) is 0.267. The zero-order valence-corrected chi connectivity index (χ0v) is 10.4. The van der Waals surface area contributed by atoms with Crippen LogP contribution in [0.4, 0.5) is 0 Å². The predicted molar refractivity (Wildman–Crippen MR) is 64.4 cm³/mol. The smallest absolute Gasteiger partial charge is 0.237 e. The first-order chi connectivity index (χ1) is 8.16. The molecule has 0 aromatic heterocycles. The fraction of sp³-hybridized carbons (Fsp3) is 0.833. The topological polar surface area (TPSA) is 61.4 Å². The quantitative estimate of drug-likeness (QED) is 0.705. The summed E-state index contributed by atoms with van der Waals surface area (Å²) >= 11 is 0. The minimum atomic E-state index is -0.0355. The van der Waals surface area contributed by atoms with Crippen LogP contribution in [0.1, 0.15) is 32.1 Å². The number of piperidine rings is 2. The van der Waals surface area contributed by atoms with E-state index in [1.807, 2.05) is 0 Å². The Bertz CT molecular complexity index is 300. The highest BCUT2D eigenvalue weighted by Crippen LogP contribution is 2.11. The van der Waals surface area contributed by atoms with Gasteiger partial charge in [0.15, 0.2) is 0 Å². The summed E-state index contributed by atoms with van der Waals surface area (Å²) in [6.07, 6.45) is 4.51. The summed E-state index contributed by atoms with van der Waals surface area (Å²) in [4.78, 5) is 25.0. The minimum absolute atomic E-state index is 0.0355. The van der Waals surface area contributed by atoms with Crippen LogP contribution in [0.3, 0.4) is 0 Å². The molecule has 1 unspecified atom stereocenters. The molecule has 0 bridgehead atoms. The lowest BCUT2D eigenvalue weighted by Crippen LogP contribution is -2.54. The molecule has 0 aromatic carbocycles. The van der Waals surface area contributed by atoms with Gasteiger partial charge in [-0.1, -0.05) is 6.42 Å². The first kappa shape index (κ1) is 12.4. The van der Waals surface area contributed by atoms with Gasteiger partial charge >= 0.3 is 0 Å². The predicted octanol–water partition coefficient (Wildman–Crippen LogP) is -0.134. The number of nitrogens with zero attached hydrogens (tertiary/aromatic N) is 1. The van der Waals surface area contributed by atoms with Crippen LogP contribution in [0.5, 0.6) is 0 Å². The molecule has 0 aliphatic carbocycles. The van der Waals surface area contributed by atoms with Crippen molar-refractivity contribution in [2.45, 2.75) is 44.2 Å². The zero-order valence-electron chi connectivity index (χ0n) is 10.4. The summed E-state index contributed by atoms with van der Waals surface area (Å²) in [6, 6.07) is 0.0839. The highest BCUT2D eigenvalue weighted by Gasteiger charge is 2.27. The summed E-state index contributed by atoms with van der Waals surface area (Å²) in [7, 11) is 1.79. The summed E-state index contributed by atoms with van der Waals surface area (Å²) in [5.41, 5.74) is 0. The van der Waals surface area contributed by atoms with E-state index in [9.17, 15) is 9.59 Å². The van der Waals surface area contributed by atoms with Crippen LogP contribution in [0.15, 0.2) is 0 Å². The number of likely N-dealkylation sites (N-methyl/N-ethyl adjacent to an activating group) is 1. The Morgan fingerprint density at radius 3 is 2.88 bits per heavy atom. The number of likely N-dealkylation sites (tertiary alicyclic amines) is 1. The van der Waals surface area contributed by atoms with Crippen molar-refractivity contribution in [2.75, 3.05) is 20.1 Å². The molecule has 2 rings (SSSR count). The first-order valence-corrected chi connectivity index (χ1v) is 6.44. The van der Waals surface area contributed by atoms with Crippen molar-refractivity contribution in [1.29, 1.82) is 0 Å². The molecule has 2 aliphatic rings. The van der Waals surface area contributed by atoms with E-state index in [-0.39, 0.29) is 23.9 Å². The molecule has 96 valence electrons. The molecule has 5 heteroatoms. The number of hydrogen-bond donors (Lipinski definition) is 2. The van der Waals surface area contributed by atoms with Gasteiger partial charge in [0.1, 0.15) is 0 Å². The maximum absolute atomic E-state index is 12.0. The van der Waals surface area contributed by atoms with Crippen molar-refractivity contribution >= 4 is 11.8 Å². The maximum Gasteiger partial charge on any atom is 0.237 e. The van der Waals surface area contributed by atoms with Gasteiger partial charge in [-0.05, 0) is 25.8 Å². The van der Waals surface area contributed by atoms with Crippen molar-refractivity contribution in [3.63, 3.8) is 0 Å². The molecule has 2 saturated heterocycles. The fourth-order valence-electron chi connectivity index (χ4n) is 2.51. The Labute approximate surface area is 102 Å². The minimum Gasteiger partial charge on any atom is -0.350 e. The van der Waals surface area contributed by atoms with Gasteiger partial charge in [0.05, 0.1) is 6.04 Å². The maximum atomic E-state index is 12.0. The Kier molecular flexibility index (Phi) is 3.99. The number of carbonyl (C=O) groups is 2. The average molecular weight is 239 g/mol. The van der Waals surface area contributed by atoms with Gasteiger partial charge < -0.3 is 15.5 Å². The van der Waals surface area contributed by atoms with Crippen molar-refractivity contribution in [1.82, 2.24) is 15.5 Å². The van der Waals surface area contributed by atoms with Crippen LogP contribution in [0.2, 0.25) is 0 Å². The van der Waals surface area contributed by atoms with E-state index in [2.05, 4.69) is 10.6 Å². The highest BCUT2D eigenvalue weighted by atomic mass is 16.2. The van der Waals surface area contributed by atoms with E-state index in [1.165, 1.54) is 0 Å². The molecule has 0 radical (unpaired) electrons. The van der Waals surface area contributed by atoms with Crippen LogP contribution in [0, 0.1) is 0 Å². The molecule has 2 aliphatic heterocycles. The van der Waals surface area contributed by atoms with Crippen molar-refractivity contribution in [3.05, 3.63) is 0 Å². The summed E-state index contributed by atoms with van der Waals surface area (Å²) in [5, 5.41) is 6.28. The molecule has 2 amide bonds. The number of nitrogens with one attached hydrogen (secondary N) is 2. The molecule has 5 nitrogen and oxygen atoms in total. The van der Waals surface area contributed by atoms with Gasteiger partial charge in [-0.15, -0.1) is 0 Å². The zero-order chi connectivity index (χ0) is 12.3. The molecule has 17 heavy (non-hydrogen) atoms. The first-order valence-electron chi connectivity index (χ1n) is 6.44. The lowest BCUT2D eigenvalue weighted by Gasteiger charge is -2.32. The molecule has 0 aromatic rings. The van der Waals surface area contributed by atoms with Crippen LogP contribution < -0.4 is 10.6 Å². The van der Waals surface area contributed by atoms with E-state index >= 15 is 0 Å². The lowest BCUT2D eigenvalue weighted by molar-refractivity contribution is -0.134. The normalized spacial score (nSPS) is 30.2. The van der Waals surface area contributed by atoms with Crippen LogP contribution in [-0.4, -0.2) is 48.9 Å². The number of amides is 2. The molecular formula is C12H21N3O2. The van der Waals surface area contributed by atoms with E-state index in [1.54, 1.807) is 11.9 Å². The second-order valence-corrected chi connectivity index (χ2v) is 5.02. The molecule has 0 saturated carbocycles. The molecule has 2 fully saturated rings. The van der Waals surface area contributed by atoms with Gasteiger partial charge in [0.25, 0.3) is 0 Å². The van der Waals surface area contributed by atoms with Crippen LogP contribution in [-0.2, 0) is 9.59 Å². The van der Waals surface area contributed by atoms with Gasteiger partial charge in [0.2, 0.25) is 11.8 Å². The molecule has 2 N–H and O–H groups in total. The SMILES string of the molecule is CN1CC(NC(=O)[C@H]2CCCCN2)CCC1=O. The lowest BCUT2D eigenvalue weighted by atomic mass is 10.0. The van der Waals surface area contributed by atoms with Gasteiger partial charge in [-0.25, -0.2) is 0 Å². The van der Waals surface area contributed by atoms with Crippen LogP contribution in [0.25, 0.3) is 0 Å². The van der Waals surface area contributed by atoms with Crippen molar-refractivity contribution in [2.24, 2.45) is 0 Å². The molecular weight excluding hydrogens is 218 g/mol. The van der Waals surface area contributed by atoms with Crippen molar-refractivity contribution in [3.8, 4) is 0 Å². The molecule has 0 spiro atoms. The standard InChI is InChI=1S/C12H21N3O2/c1-15-8-9(5-6-11(15)16)14-12(17)10-4-2-3-7-13-10/h9-10,13H,2-8H2,1H3,(H,14,17)/t9?,10-/m1/s1. The second-order valence-electron chi connectivity index (χ2n) is 5.02. The van der Waals surface area contributed by atoms with Crippen LogP contribution >= 0.6 is 0 Å². The number of rotatable bonds is 2. The third-order valence-corrected chi connectivity index (χ3v) is 3.60. The monoisotopic (exact) mass is 239 g/mol. The molecule has 2 atom stereocenters. The Morgan fingerprint density at radius 2 is 2.24 bits per heavy atom. The van der Waals surface area contributed by atoms with E-state index in [0.29, 0.717) is 13.0 Å². The summed E-state index contributed by atoms with van der Waals surface area (Å²) in [6.45, 7) is 1.57. The second kappa shape index (κ2) is 5.49.